The van der Waals surface area contributed by atoms with Gasteiger partial charge in [-0.15, -0.1) is 0 Å². The van der Waals surface area contributed by atoms with Crippen LogP contribution in [0.15, 0.2) is 35.2 Å². The number of carbonyl (C=O) groups excluding carboxylic acids is 1. The van der Waals surface area contributed by atoms with Crippen molar-refractivity contribution in [2.75, 3.05) is 5.32 Å². The van der Waals surface area contributed by atoms with Crippen LogP contribution in [0.5, 0.6) is 0 Å². The third kappa shape index (κ3) is 4.54. The summed E-state index contributed by atoms with van der Waals surface area (Å²) in [5.74, 6) is -3.98. The summed E-state index contributed by atoms with van der Waals surface area (Å²) in [5.41, 5.74) is -1.19. The largest absolute Gasteiger partial charge is 0.391 e. The standard InChI is InChI=1S/C25H28ClF2NO6S/c1-12-7-19(26)22(11-18(12)24(32)29-16-5-6-20(27)21(28)10-16)36(34,35)17-8-14-3-4-15(9-17)25(14,33)23(31)13(2)30/h5-7,10-11,13-15,17,23,30-31,33H,3-4,8-9H2,1-2H3,(H,29,32)/t13-,14-,15+,17?,23+,25?/m0/s1. The van der Waals surface area contributed by atoms with Crippen molar-refractivity contribution in [1.29, 1.82) is 0 Å². The van der Waals surface area contributed by atoms with Crippen LogP contribution >= 0.6 is 11.6 Å². The Morgan fingerprint density at radius 1 is 1.11 bits per heavy atom. The minimum absolute atomic E-state index is 0.00234. The lowest BCUT2D eigenvalue weighted by Gasteiger charge is -2.46. The van der Waals surface area contributed by atoms with E-state index < -0.39 is 62.3 Å². The second-order valence-electron chi connectivity index (χ2n) is 9.86. The van der Waals surface area contributed by atoms with Crippen LogP contribution < -0.4 is 5.32 Å². The summed E-state index contributed by atoms with van der Waals surface area (Å²) < 4.78 is 54.1. The molecule has 11 heteroatoms. The molecule has 1 amide bonds. The molecule has 0 aromatic heterocycles. The lowest BCUT2D eigenvalue weighted by atomic mass is 9.70. The summed E-state index contributed by atoms with van der Waals surface area (Å²) in [5, 5.41) is 33.0. The van der Waals surface area contributed by atoms with Gasteiger partial charge in [-0.1, -0.05) is 11.6 Å². The summed E-state index contributed by atoms with van der Waals surface area (Å²) in [6, 6.07) is 5.40. The molecule has 0 saturated heterocycles. The Labute approximate surface area is 213 Å². The topological polar surface area (TPSA) is 124 Å². The normalized spacial score (nSPS) is 27.5. The first-order valence-electron chi connectivity index (χ1n) is 11.7. The van der Waals surface area contributed by atoms with Crippen molar-refractivity contribution in [2.45, 2.75) is 67.5 Å². The molecule has 0 aliphatic heterocycles. The molecule has 2 aliphatic rings. The number of fused-ring (bicyclic) bond motifs is 2. The number of aliphatic hydroxyl groups excluding tert-OH is 2. The van der Waals surface area contributed by atoms with Gasteiger partial charge >= 0.3 is 0 Å². The van der Waals surface area contributed by atoms with Crippen LogP contribution in [0.3, 0.4) is 0 Å². The number of halogens is 3. The van der Waals surface area contributed by atoms with E-state index in [9.17, 15) is 37.3 Å². The third-order valence-electron chi connectivity index (χ3n) is 7.64. The zero-order chi connectivity index (χ0) is 26.6. The van der Waals surface area contributed by atoms with E-state index in [0.29, 0.717) is 18.4 Å². The summed E-state index contributed by atoms with van der Waals surface area (Å²) >= 11 is 6.32. The molecule has 2 aliphatic carbocycles. The van der Waals surface area contributed by atoms with E-state index in [2.05, 4.69) is 5.32 Å². The predicted molar refractivity (Wildman–Crippen MR) is 130 cm³/mol. The Morgan fingerprint density at radius 3 is 2.28 bits per heavy atom. The van der Waals surface area contributed by atoms with E-state index in [1.165, 1.54) is 25.1 Å². The van der Waals surface area contributed by atoms with Crippen molar-refractivity contribution in [3.05, 3.63) is 58.1 Å². The molecular formula is C25H28ClF2NO6S. The Bertz CT molecular complexity index is 1290. The van der Waals surface area contributed by atoms with Crippen LogP contribution in [-0.4, -0.2) is 52.7 Å². The number of hydrogen-bond acceptors (Lipinski definition) is 6. The summed E-state index contributed by atoms with van der Waals surface area (Å²) in [6.07, 6.45) is -1.40. The van der Waals surface area contributed by atoms with Gasteiger partial charge in [0.1, 0.15) is 6.10 Å². The van der Waals surface area contributed by atoms with Crippen molar-refractivity contribution in [2.24, 2.45) is 11.8 Å². The highest BCUT2D eigenvalue weighted by Crippen LogP contribution is 2.54. The van der Waals surface area contributed by atoms with Crippen LogP contribution in [0.4, 0.5) is 14.5 Å². The maximum atomic E-state index is 13.7. The molecule has 4 rings (SSSR count). The van der Waals surface area contributed by atoms with Gasteiger partial charge in [0, 0.05) is 17.3 Å². The van der Waals surface area contributed by atoms with E-state index in [1.54, 1.807) is 6.92 Å². The number of aliphatic hydroxyl groups is 3. The minimum Gasteiger partial charge on any atom is -0.391 e. The second-order valence-corrected chi connectivity index (χ2v) is 12.5. The number of nitrogens with one attached hydrogen (secondary N) is 1. The van der Waals surface area contributed by atoms with Crippen molar-refractivity contribution < 1.29 is 37.3 Å². The van der Waals surface area contributed by atoms with Gasteiger partial charge in [0.25, 0.3) is 5.91 Å². The molecule has 36 heavy (non-hydrogen) atoms. The lowest BCUT2D eigenvalue weighted by Crippen LogP contribution is -2.58. The Morgan fingerprint density at radius 2 is 1.72 bits per heavy atom. The maximum Gasteiger partial charge on any atom is 0.255 e. The highest BCUT2D eigenvalue weighted by Gasteiger charge is 2.59. The van der Waals surface area contributed by atoms with Crippen molar-refractivity contribution >= 4 is 33.0 Å². The summed E-state index contributed by atoms with van der Waals surface area (Å²) in [4.78, 5) is 12.6. The average Bonchev–Trinajstić information content (AvgIpc) is 2.97. The maximum absolute atomic E-state index is 13.7. The van der Waals surface area contributed by atoms with Gasteiger partial charge in [-0.3, -0.25) is 4.79 Å². The van der Waals surface area contributed by atoms with Crippen LogP contribution in [0.25, 0.3) is 0 Å². The summed E-state index contributed by atoms with van der Waals surface area (Å²) in [6.45, 7) is 2.95. The van der Waals surface area contributed by atoms with E-state index in [4.69, 9.17) is 11.6 Å². The molecule has 0 heterocycles. The van der Waals surface area contributed by atoms with E-state index in [1.807, 2.05) is 0 Å². The SMILES string of the molecule is Cc1cc(Cl)c(S(=O)(=O)C2C[C@H]3CC[C@@H](C2)C3(O)[C@H](O)[C@H](C)O)cc1C(=O)Nc1ccc(F)c(F)c1. The monoisotopic (exact) mass is 543 g/mol. The number of carbonyl (C=O) groups is 1. The smallest absolute Gasteiger partial charge is 0.255 e. The van der Waals surface area contributed by atoms with Crippen molar-refractivity contribution in [1.82, 2.24) is 0 Å². The second kappa shape index (κ2) is 9.64. The number of benzene rings is 2. The lowest BCUT2D eigenvalue weighted by molar-refractivity contribution is -0.172. The van der Waals surface area contributed by atoms with E-state index in [0.717, 1.165) is 12.1 Å². The number of rotatable bonds is 6. The molecular weight excluding hydrogens is 516 g/mol. The molecule has 7 nitrogen and oxygen atoms in total. The predicted octanol–water partition coefficient (Wildman–Crippen LogP) is 3.61. The zero-order valence-electron chi connectivity index (χ0n) is 19.7. The zero-order valence-corrected chi connectivity index (χ0v) is 21.3. The third-order valence-corrected chi connectivity index (χ3v) is 10.3. The highest BCUT2D eigenvalue weighted by molar-refractivity contribution is 7.92. The molecule has 4 N–H and O–H groups in total. The first-order valence-corrected chi connectivity index (χ1v) is 13.6. The summed E-state index contributed by atoms with van der Waals surface area (Å²) in [7, 11) is -4.05. The fourth-order valence-corrected chi connectivity index (χ4v) is 8.22. The molecule has 196 valence electrons. The van der Waals surface area contributed by atoms with Crippen LogP contribution in [0.1, 0.15) is 48.5 Å². The van der Waals surface area contributed by atoms with Gasteiger partial charge in [-0.2, -0.15) is 0 Å². The molecule has 6 atom stereocenters. The quantitative estimate of drug-likeness (QED) is 0.441. The van der Waals surface area contributed by atoms with Gasteiger partial charge in [-0.25, -0.2) is 17.2 Å². The number of amides is 1. The van der Waals surface area contributed by atoms with E-state index in [-0.39, 0.29) is 34.0 Å². The van der Waals surface area contributed by atoms with Gasteiger partial charge in [0.05, 0.1) is 26.9 Å². The number of aryl methyl sites for hydroxylation is 1. The van der Waals surface area contributed by atoms with Crippen LogP contribution in [-0.2, 0) is 9.84 Å². The molecule has 0 radical (unpaired) electrons. The molecule has 2 aromatic carbocycles. The fraction of sp³-hybridized carbons (Fsp3) is 0.480. The van der Waals surface area contributed by atoms with Crippen molar-refractivity contribution in [3.63, 3.8) is 0 Å². The Balaban J connectivity index is 1.63. The molecule has 2 fully saturated rings. The first kappa shape index (κ1) is 26.9. The van der Waals surface area contributed by atoms with Crippen LogP contribution in [0.2, 0.25) is 5.02 Å². The van der Waals surface area contributed by atoms with Gasteiger partial charge < -0.3 is 20.6 Å². The van der Waals surface area contributed by atoms with Crippen molar-refractivity contribution in [3.8, 4) is 0 Å². The van der Waals surface area contributed by atoms with Gasteiger partial charge in [0.15, 0.2) is 21.5 Å². The number of sulfone groups is 1. The molecule has 2 unspecified atom stereocenters. The molecule has 2 aromatic rings. The van der Waals surface area contributed by atoms with Gasteiger partial charge in [-0.05, 0) is 81.2 Å². The number of anilines is 1. The highest BCUT2D eigenvalue weighted by atomic mass is 35.5. The molecule has 2 bridgehead atoms. The molecule has 2 saturated carbocycles. The number of hydrogen-bond donors (Lipinski definition) is 4. The Hall–Kier alpha value is -2.11. The van der Waals surface area contributed by atoms with E-state index >= 15 is 0 Å². The van der Waals surface area contributed by atoms with Gasteiger partial charge in [0.2, 0.25) is 0 Å². The fourth-order valence-electron chi connectivity index (χ4n) is 5.73. The van der Waals surface area contributed by atoms with Crippen LogP contribution in [0, 0.1) is 30.4 Å². The first-order chi connectivity index (χ1) is 16.8. The Kier molecular flexibility index (Phi) is 7.22. The average molecular weight is 544 g/mol. The molecule has 0 spiro atoms. The minimum atomic E-state index is -4.05.